The number of benzene rings is 1. The monoisotopic (exact) mass is 261 g/mol. The lowest BCUT2D eigenvalue weighted by atomic mass is 10.1. The van der Waals surface area contributed by atoms with Gasteiger partial charge < -0.3 is 5.32 Å². The molecule has 0 atom stereocenters. The van der Waals surface area contributed by atoms with Gasteiger partial charge in [0.05, 0.1) is 0 Å². The van der Waals surface area contributed by atoms with Crippen molar-refractivity contribution in [3.63, 3.8) is 0 Å². The Bertz CT molecular complexity index is 554. The number of hydrogen-bond acceptors (Lipinski definition) is 3. The van der Waals surface area contributed by atoms with Gasteiger partial charge in [0.15, 0.2) is 0 Å². The average molecular weight is 262 g/mol. The first-order valence-corrected chi connectivity index (χ1v) is 5.95. The van der Waals surface area contributed by atoms with E-state index in [9.17, 15) is 4.79 Å². The third-order valence-electron chi connectivity index (χ3n) is 2.49. The molecule has 4 nitrogen and oxygen atoms in total. The van der Waals surface area contributed by atoms with E-state index in [1.54, 1.807) is 18.2 Å². The standard InChI is InChI=1S/C13H12ClN3O/c1-2-9-3-5-10(6-4-9)12(18)16-11-7-8-15-13(14)17-11/h3-8H,2H2,1H3,(H,15,16,17,18). The number of rotatable bonds is 3. The van der Waals surface area contributed by atoms with Crippen molar-refractivity contribution in [3.8, 4) is 0 Å². The molecule has 0 fully saturated rings. The minimum Gasteiger partial charge on any atom is -0.306 e. The SMILES string of the molecule is CCc1ccc(C(=O)Nc2ccnc(Cl)n2)cc1. The van der Waals surface area contributed by atoms with Crippen LogP contribution in [0.15, 0.2) is 36.5 Å². The molecule has 0 radical (unpaired) electrons. The van der Waals surface area contributed by atoms with Gasteiger partial charge in [-0.1, -0.05) is 19.1 Å². The summed E-state index contributed by atoms with van der Waals surface area (Å²) in [5.41, 5.74) is 1.78. The van der Waals surface area contributed by atoms with Crippen molar-refractivity contribution in [2.45, 2.75) is 13.3 Å². The van der Waals surface area contributed by atoms with Gasteiger partial charge in [0.1, 0.15) is 5.82 Å². The number of hydrogen-bond donors (Lipinski definition) is 1. The van der Waals surface area contributed by atoms with Crippen LogP contribution >= 0.6 is 11.6 Å². The molecular formula is C13H12ClN3O. The third kappa shape index (κ3) is 3.05. The van der Waals surface area contributed by atoms with E-state index in [2.05, 4.69) is 22.2 Å². The van der Waals surface area contributed by atoms with Gasteiger partial charge in [0.2, 0.25) is 5.28 Å². The molecule has 1 heterocycles. The molecule has 5 heteroatoms. The van der Waals surface area contributed by atoms with Gasteiger partial charge in [-0.25, -0.2) is 9.97 Å². The summed E-state index contributed by atoms with van der Waals surface area (Å²) in [7, 11) is 0. The van der Waals surface area contributed by atoms with Crippen molar-refractivity contribution < 1.29 is 4.79 Å². The molecule has 0 saturated heterocycles. The van der Waals surface area contributed by atoms with E-state index in [4.69, 9.17) is 11.6 Å². The summed E-state index contributed by atoms with van der Waals surface area (Å²) in [5.74, 6) is 0.173. The van der Waals surface area contributed by atoms with Gasteiger partial charge in [-0.2, -0.15) is 0 Å². The van der Waals surface area contributed by atoms with Crippen LogP contribution in [0.4, 0.5) is 5.82 Å². The summed E-state index contributed by atoms with van der Waals surface area (Å²) in [6.07, 6.45) is 2.44. The Labute approximate surface area is 110 Å². The zero-order chi connectivity index (χ0) is 13.0. The van der Waals surface area contributed by atoms with E-state index in [1.165, 1.54) is 11.8 Å². The van der Waals surface area contributed by atoms with E-state index in [1.807, 2.05) is 12.1 Å². The van der Waals surface area contributed by atoms with Crippen molar-refractivity contribution in [2.75, 3.05) is 5.32 Å². The number of anilines is 1. The molecule has 0 aliphatic carbocycles. The Balaban J connectivity index is 2.11. The lowest BCUT2D eigenvalue weighted by Gasteiger charge is -2.05. The Morgan fingerprint density at radius 2 is 2.00 bits per heavy atom. The predicted molar refractivity (Wildman–Crippen MR) is 70.8 cm³/mol. The summed E-state index contributed by atoms with van der Waals surface area (Å²) in [4.78, 5) is 19.6. The number of nitrogens with zero attached hydrogens (tertiary/aromatic N) is 2. The minimum absolute atomic E-state index is 0.106. The summed E-state index contributed by atoms with van der Waals surface area (Å²) >= 11 is 5.64. The number of halogens is 1. The maximum Gasteiger partial charge on any atom is 0.256 e. The van der Waals surface area contributed by atoms with E-state index >= 15 is 0 Å². The lowest BCUT2D eigenvalue weighted by molar-refractivity contribution is 0.102. The Kier molecular flexibility index (Phi) is 3.89. The van der Waals surface area contributed by atoms with Crippen LogP contribution in [0.2, 0.25) is 5.28 Å². The molecule has 1 amide bonds. The van der Waals surface area contributed by atoms with Crippen LogP contribution in [0.1, 0.15) is 22.8 Å². The topological polar surface area (TPSA) is 54.9 Å². The van der Waals surface area contributed by atoms with Gasteiger partial charge in [-0.3, -0.25) is 4.79 Å². The quantitative estimate of drug-likeness (QED) is 0.865. The largest absolute Gasteiger partial charge is 0.306 e. The Hall–Kier alpha value is -1.94. The molecule has 18 heavy (non-hydrogen) atoms. The average Bonchev–Trinajstić information content (AvgIpc) is 2.39. The second-order valence-electron chi connectivity index (χ2n) is 3.72. The fourth-order valence-corrected chi connectivity index (χ4v) is 1.63. The minimum atomic E-state index is -0.215. The molecular weight excluding hydrogens is 250 g/mol. The summed E-state index contributed by atoms with van der Waals surface area (Å²) in [6.45, 7) is 2.07. The fourth-order valence-electron chi connectivity index (χ4n) is 1.48. The molecule has 0 unspecified atom stereocenters. The van der Waals surface area contributed by atoms with Crippen molar-refractivity contribution in [2.24, 2.45) is 0 Å². The second-order valence-corrected chi connectivity index (χ2v) is 4.05. The molecule has 0 aliphatic rings. The first kappa shape index (κ1) is 12.5. The molecule has 1 aromatic heterocycles. The number of aryl methyl sites for hydroxylation is 1. The van der Waals surface area contributed by atoms with Crippen LogP contribution in [0.5, 0.6) is 0 Å². The highest BCUT2D eigenvalue weighted by Crippen LogP contribution is 2.10. The van der Waals surface area contributed by atoms with Crippen LogP contribution in [-0.2, 0) is 6.42 Å². The first-order valence-electron chi connectivity index (χ1n) is 5.58. The zero-order valence-corrected chi connectivity index (χ0v) is 10.6. The van der Waals surface area contributed by atoms with E-state index < -0.39 is 0 Å². The number of nitrogens with one attached hydrogen (secondary N) is 1. The van der Waals surface area contributed by atoms with Crippen LogP contribution in [-0.4, -0.2) is 15.9 Å². The zero-order valence-electron chi connectivity index (χ0n) is 9.85. The molecule has 2 rings (SSSR count). The van der Waals surface area contributed by atoms with Crippen LogP contribution < -0.4 is 5.32 Å². The summed E-state index contributed by atoms with van der Waals surface area (Å²) in [6, 6.07) is 9.03. The van der Waals surface area contributed by atoms with Gasteiger partial charge in [0, 0.05) is 11.8 Å². The van der Waals surface area contributed by atoms with Gasteiger partial charge in [-0.15, -0.1) is 0 Å². The molecule has 0 aliphatic heterocycles. The normalized spacial score (nSPS) is 10.1. The number of carbonyl (C=O) groups is 1. The molecule has 1 aromatic carbocycles. The highest BCUT2D eigenvalue weighted by molar-refractivity contribution is 6.28. The van der Waals surface area contributed by atoms with Crippen LogP contribution in [0, 0.1) is 0 Å². The van der Waals surface area contributed by atoms with Crippen LogP contribution in [0.25, 0.3) is 0 Å². The fraction of sp³-hybridized carbons (Fsp3) is 0.154. The first-order chi connectivity index (χ1) is 8.69. The molecule has 92 valence electrons. The summed E-state index contributed by atoms with van der Waals surface area (Å²) in [5, 5.41) is 2.77. The molecule has 0 bridgehead atoms. The van der Waals surface area contributed by atoms with Crippen molar-refractivity contribution in [1.29, 1.82) is 0 Å². The Morgan fingerprint density at radius 1 is 1.28 bits per heavy atom. The van der Waals surface area contributed by atoms with Gasteiger partial charge in [0.25, 0.3) is 5.91 Å². The maximum atomic E-state index is 11.9. The molecule has 0 saturated carbocycles. The Morgan fingerprint density at radius 3 is 2.61 bits per heavy atom. The third-order valence-corrected chi connectivity index (χ3v) is 2.67. The lowest BCUT2D eigenvalue weighted by Crippen LogP contribution is -2.13. The van der Waals surface area contributed by atoms with Gasteiger partial charge in [-0.05, 0) is 41.8 Å². The van der Waals surface area contributed by atoms with E-state index in [0.717, 1.165) is 6.42 Å². The maximum absolute atomic E-state index is 11.9. The highest BCUT2D eigenvalue weighted by Gasteiger charge is 2.06. The van der Waals surface area contributed by atoms with E-state index in [0.29, 0.717) is 11.4 Å². The van der Waals surface area contributed by atoms with Crippen molar-refractivity contribution >= 4 is 23.3 Å². The highest BCUT2D eigenvalue weighted by atomic mass is 35.5. The molecule has 2 aromatic rings. The number of aromatic nitrogens is 2. The number of amides is 1. The van der Waals surface area contributed by atoms with Crippen molar-refractivity contribution in [1.82, 2.24) is 9.97 Å². The molecule has 0 spiro atoms. The summed E-state index contributed by atoms with van der Waals surface area (Å²) < 4.78 is 0. The molecule has 1 N–H and O–H groups in total. The predicted octanol–water partition coefficient (Wildman–Crippen LogP) is 2.94. The number of carbonyl (C=O) groups excluding carboxylic acids is 1. The van der Waals surface area contributed by atoms with Crippen LogP contribution in [0.3, 0.4) is 0 Å². The smallest absolute Gasteiger partial charge is 0.256 e. The van der Waals surface area contributed by atoms with Crippen molar-refractivity contribution in [3.05, 3.63) is 52.9 Å². The van der Waals surface area contributed by atoms with E-state index in [-0.39, 0.29) is 11.2 Å². The second kappa shape index (κ2) is 5.60. The van der Waals surface area contributed by atoms with Gasteiger partial charge >= 0.3 is 0 Å².